The molecule has 0 spiro atoms. The standard InChI is InChI=1S/C10H23N3/c1-8-4-9(5-11)6-13(8)7-10(2,3)12/h8-9H,4-7,11-12H2,1-3H3. The normalized spacial score (nSPS) is 31.2. The molecule has 4 N–H and O–H groups in total. The maximum absolute atomic E-state index is 5.99. The van der Waals surface area contributed by atoms with Crippen molar-refractivity contribution in [3.05, 3.63) is 0 Å². The lowest BCUT2D eigenvalue weighted by Gasteiger charge is -2.29. The van der Waals surface area contributed by atoms with Crippen LogP contribution in [0.15, 0.2) is 0 Å². The molecule has 0 amide bonds. The second kappa shape index (κ2) is 3.95. The van der Waals surface area contributed by atoms with Gasteiger partial charge in [0.05, 0.1) is 0 Å². The van der Waals surface area contributed by atoms with E-state index in [0.717, 1.165) is 19.6 Å². The third kappa shape index (κ3) is 3.25. The number of likely N-dealkylation sites (tertiary alicyclic amines) is 1. The van der Waals surface area contributed by atoms with Crippen molar-refractivity contribution in [3.8, 4) is 0 Å². The molecule has 1 heterocycles. The molecule has 78 valence electrons. The Morgan fingerprint density at radius 3 is 2.46 bits per heavy atom. The molecule has 2 unspecified atom stereocenters. The van der Waals surface area contributed by atoms with Crippen molar-refractivity contribution in [1.82, 2.24) is 4.90 Å². The van der Waals surface area contributed by atoms with Gasteiger partial charge < -0.3 is 11.5 Å². The smallest absolute Gasteiger partial charge is 0.0226 e. The number of rotatable bonds is 3. The van der Waals surface area contributed by atoms with E-state index in [0.29, 0.717) is 12.0 Å². The van der Waals surface area contributed by atoms with Crippen LogP contribution in [0.3, 0.4) is 0 Å². The average molecular weight is 185 g/mol. The predicted octanol–water partition coefficient (Wildman–Crippen LogP) is 0.393. The molecule has 1 fully saturated rings. The Hall–Kier alpha value is -0.120. The number of hydrogen-bond donors (Lipinski definition) is 2. The molecule has 1 aliphatic rings. The van der Waals surface area contributed by atoms with Crippen LogP contribution in [0.4, 0.5) is 0 Å². The van der Waals surface area contributed by atoms with Gasteiger partial charge in [-0.25, -0.2) is 0 Å². The molecular weight excluding hydrogens is 162 g/mol. The minimum Gasteiger partial charge on any atom is -0.330 e. The third-order valence-corrected chi connectivity index (χ3v) is 2.73. The first-order chi connectivity index (χ1) is 5.92. The molecule has 0 radical (unpaired) electrons. The minimum atomic E-state index is -0.0856. The van der Waals surface area contributed by atoms with Gasteiger partial charge in [0.1, 0.15) is 0 Å². The van der Waals surface area contributed by atoms with E-state index in [-0.39, 0.29) is 5.54 Å². The topological polar surface area (TPSA) is 55.3 Å². The summed E-state index contributed by atoms with van der Waals surface area (Å²) in [6.45, 7) is 9.33. The Kier molecular flexibility index (Phi) is 3.33. The van der Waals surface area contributed by atoms with E-state index in [1.54, 1.807) is 0 Å². The van der Waals surface area contributed by atoms with E-state index < -0.39 is 0 Å². The van der Waals surface area contributed by atoms with Gasteiger partial charge in [0, 0.05) is 24.7 Å². The van der Waals surface area contributed by atoms with Gasteiger partial charge in [0.25, 0.3) is 0 Å². The highest BCUT2D eigenvalue weighted by Gasteiger charge is 2.30. The van der Waals surface area contributed by atoms with Gasteiger partial charge in [-0.2, -0.15) is 0 Å². The zero-order valence-corrected chi connectivity index (χ0v) is 9.09. The quantitative estimate of drug-likeness (QED) is 0.669. The highest BCUT2D eigenvalue weighted by molar-refractivity contribution is 4.87. The van der Waals surface area contributed by atoms with Gasteiger partial charge in [-0.3, -0.25) is 4.90 Å². The summed E-state index contributed by atoms with van der Waals surface area (Å²) in [6.07, 6.45) is 1.23. The lowest BCUT2D eigenvalue weighted by Crippen LogP contribution is -2.46. The molecule has 0 aromatic rings. The molecule has 0 aliphatic carbocycles. The van der Waals surface area contributed by atoms with E-state index in [2.05, 4.69) is 25.7 Å². The van der Waals surface area contributed by atoms with Crippen molar-refractivity contribution in [2.75, 3.05) is 19.6 Å². The Labute approximate surface area is 81.5 Å². The van der Waals surface area contributed by atoms with Crippen molar-refractivity contribution in [2.24, 2.45) is 17.4 Å². The first-order valence-electron chi connectivity index (χ1n) is 5.15. The number of nitrogens with two attached hydrogens (primary N) is 2. The molecule has 1 saturated heterocycles. The van der Waals surface area contributed by atoms with Gasteiger partial charge in [-0.05, 0) is 39.7 Å². The van der Waals surface area contributed by atoms with Gasteiger partial charge in [-0.1, -0.05) is 0 Å². The summed E-state index contributed by atoms with van der Waals surface area (Å²) in [5.41, 5.74) is 11.6. The maximum atomic E-state index is 5.99. The van der Waals surface area contributed by atoms with E-state index >= 15 is 0 Å². The fourth-order valence-electron chi connectivity index (χ4n) is 2.13. The van der Waals surface area contributed by atoms with Crippen LogP contribution in [0.1, 0.15) is 27.2 Å². The summed E-state index contributed by atoms with van der Waals surface area (Å²) in [4.78, 5) is 2.46. The maximum Gasteiger partial charge on any atom is 0.0226 e. The summed E-state index contributed by atoms with van der Waals surface area (Å²) in [6, 6.07) is 0.649. The second-order valence-electron chi connectivity index (χ2n) is 5.10. The van der Waals surface area contributed by atoms with Crippen LogP contribution in [-0.4, -0.2) is 36.1 Å². The lowest BCUT2D eigenvalue weighted by atomic mass is 10.1. The second-order valence-corrected chi connectivity index (χ2v) is 5.10. The van der Waals surface area contributed by atoms with Crippen LogP contribution in [0.5, 0.6) is 0 Å². The SMILES string of the molecule is CC1CC(CN)CN1CC(C)(C)N. The van der Waals surface area contributed by atoms with Gasteiger partial charge in [-0.15, -0.1) is 0 Å². The Morgan fingerprint density at radius 2 is 2.08 bits per heavy atom. The molecule has 0 bridgehead atoms. The fourth-order valence-corrected chi connectivity index (χ4v) is 2.13. The highest BCUT2D eigenvalue weighted by atomic mass is 15.2. The lowest BCUT2D eigenvalue weighted by molar-refractivity contribution is 0.217. The van der Waals surface area contributed by atoms with Gasteiger partial charge in [0.15, 0.2) is 0 Å². The van der Waals surface area contributed by atoms with E-state index in [1.165, 1.54) is 6.42 Å². The van der Waals surface area contributed by atoms with Crippen LogP contribution in [0, 0.1) is 5.92 Å². The summed E-state index contributed by atoms with van der Waals surface area (Å²) in [7, 11) is 0. The molecule has 0 aromatic carbocycles. The highest BCUT2D eigenvalue weighted by Crippen LogP contribution is 2.23. The molecule has 13 heavy (non-hydrogen) atoms. The predicted molar refractivity (Wildman–Crippen MR) is 56.5 cm³/mol. The monoisotopic (exact) mass is 185 g/mol. The third-order valence-electron chi connectivity index (χ3n) is 2.73. The van der Waals surface area contributed by atoms with E-state index in [1.807, 2.05) is 0 Å². The van der Waals surface area contributed by atoms with Crippen LogP contribution >= 0.6 is 0 Å². The largest absolute Gasteiger partial charge is 0.330 e. The zero-order chi connectivity index (χ0) is 10.1. The minimum absolute atomic E-state index is 0.0856. The molecule has 0 aromatic heterocycles. The molecule has 3 nitrogen and oxygen atoms in total. The molecule has 2 atom stereocenters. The molecule has 3 heteroatoms. The van der Waals surface area contributed by atoms with Gasteiger partial charge >= 0.3 is 0 Å². The Balaban J connectivity index is 2.44. The van der Waals surface area contributed by atoms with Crippen molar-refractivity contribution in [3.63, 3.8) is 0 Å². The zero-order valence-electron chi connectivity index (χ0n) is 9.09. The van der Waals surface area contributed by atoms with E-state index in [9.17, 15) is 0 Å². The summed E-state index contributed by atoms with van der Waals surface area (Å²) in [5, 5.41) is 0. The number of hydrogen-bond acceptors (Lipinski definition) is 3. The van der Waals surface area contributed by atoms with Crippen molar-refractivity contribution >= 4 is 0 Å². The Bertz CT molecular complexity index is 162. The van der Waals surface area contributed by atoms with Crippen LogP contribution in [-0.2, 0) is 0 Å². The molecular formula is C10H23N3. The van der Waals surface area contributed by atoms with Crippen molar-refractivity contribution < 1.29 is 0 Å². The summed E-state index contributed by atoms with van der Waals surface area (Å²) < 4.78 is 0. The van der Waals surface area contributed by atoms with Crippen LogP contribution in [0.25, 0.3) is 0 Å². The fraction of sp³-hybridized carbons (Fsp3) is 1.00. The van der Waals surface area contributed by atoms with Crippen molar-refractivity contribution in [1.29, 1.82) is 0 Å². The van der Waals surface area contributed by atoms with Gasteiger partial charge in [0.2, 0.25) is 0 Å². The van der Waals surface area contributed by atoms with Crippen LogP contribution < -0.4 is 11.5 Å². The Morgan fingerprint density at radius 1 is 1.46 bits per heavy atom. The molecule has 1 rings (SSSR count). The van der Waals surface area contributed by atoms with Crippen LogP contribution in [0.2, 0.25) is 0 Å². The van der Waals surface area contributed by atoms with Crippen molar-refractivity contribution in [2.45, 2.75) is 38.8 Å². The molecule has 0 saturated carbocycles. The van der Waals surface area contributed by atoms with E-state index in [4.69, 9.17) is 11.5 Å². The summed E-state index contributed by atoms with van der Waals surface area (Å²) in [5.74, 6) is 0.678. The first kappa shape index (κ1) is 11.0. The summed E-state index contributed by atoms with van der Waals surface area (Å²) >= 11 is 0. The first-order valence-corrected chi connectivity index (χ1v) is 5.15. The average Bonchev–Trinajstić information content (AvgIpc) is 2.29. The number of nitrogens with zero attached hydrogens (tertiary/aromatic N) is 1. The molecule has 1 aliphatic heterocycles.